The van der Waals surface area contributed by atoms with Crippen LogP contribution >= 0.6 is 0 Å². The van der Waals surface area contributed by atoms with Crippen LogP contribution in [0.4, 0.5) is 0 Å². The van der Waals surface area contributed by atoms with E-state index in [9.17, 15) is 0 Å². The fraction of sp³-hybridized carbons (Fsp3) is 0.417. The number of nitrogens with zero attached hydrogens (tertiary/aromatic N) is 1. The number of benzene rings is 1. The lowest BCUT2D eigenvalue weighted by Gasteiger charge is -2.20. The zero-order chi connectivity index (χ0) is 10.6. The summed E-state index contributed by atoms with van der Waals surface area (Å²) in [6, 6.07) is 10.1. The quantitative estimate of drug-likeness (QED) is 0.791. The van der Waals surface area contributed by atoms with E-state index in [-0.39, 0.29) is 6.61 Å². The largest absolute Gasteiger partial charge is 0.396 e. The topological polar surface area (TPSA) is 44.0 Å². The standard InChI is InChI=1S/C12H15NO/c1-10-3-5-11(6-4-10)12(2,9-13)7-8-14/h3-6,14H,7-8H2,1-2H3. The van der Waals surface area contributed by atoms with E-state index in [4.69, 9.17) is 10.4 Å². The van der Waals surface area contributed by atoms with Crippen LogP contribution in [0.15, 0.2) is 24.3 Å². The second-order valence-corrected chi connectivity index (χ2v) is 3.78. The van der Waals surface area contributed by atoms with Gasteiger partial charge >= 0.3 is 0 Å². The number of aryl methyl sites for hydroxylation is 1. The minimum atomic E-state index is -0.567. The smallest absolute Gasteiger partial charge is 0.0816 e. The van der Waals surface area contributed by atoms with Crippen LogP contribution in [0, 0.1) is 18.3 Å². The first-order valence-electron chi connectivity index (χ1n) is 4.71. The number of aliphatic hydroxyl groups excluding tert-OH is 1. The first-order valence-corrected chi connectivity index (χ1v) is 4.71. The van der Waals surface area contributed by atoms with Gasteiger partial charge in [-0.25, -0.2) is 0 Å². The van der Waals surface area contributed by atoms with Crippen LogP contribution in [0.2, 0.25) is 0 Å². The number of nitriles is 1. The number of rotatable bonds is 3. The first-order chi connectivity index (χ1) is 6.62. The molecule has 1 atom stereocenters. The molecule has 0 amide bonds. The zero-order valence-corrected chi connectivity index (χ0v) is 8.62. The minimum absolute atomic E-state index is 0.0396. The lowest BCUT2D eigenvalue weighted by Crippen LogP contribution is -2.20. The maximum atomic E-state index is 9.08. The molecule has 0 aromatic heterocycles. The van der Waals surface area contributed by atoms with Crippen molar-refractivity contribution in [2.75, 3.05) is 6.61 Å². The molecule has 1 aromatic rings. The van der Waals surface area contributed by atoms with Crippen molar-refractivity contribution in [1.82, 2.24) is 0 Å². The molecule has 0 aliphatic heterocycles. The molecular weight excluding hydrogens is 174 g/mol. The van der Waals surface area contributed by atoms with E-state index < -0.39 is 5.41 Å². The van der Waals surface area contributed by atoms with Crippen molar-refractivity contribution in [3.63, 3.8) is 0 Å². The van der Waals surface area contributed by atoms with Gasteiger partial charge in [0.1, 0.15) is 0 Å². The summed E-state index contributed by atoms with van der Waals surface area (Å²) in [4.78, 5) is 0. The lowest BCUT2D eigenvalue weighted by atomic mass is 9.81. The third kappa shape index (κ3) is 2.12. The Balaban J connectivity index is 3.01. The summed E-state index contributed by atoms with van der Waals surface area (Å²) in [6.07, 6.45) is 0.479. The van der Waals surface area contributed by atoms with Crippen molar-refractivity contribution >= 4 is 0 Å². The molecule has 1 rings (SSSR count). The molecule has 1 N–H and O–H groups in total. The van der Waals surface area contributed by atoms with Crippen molar-refractivity contribution in [3.8, 4) is 6.07 Å². The van der Waals surface area contributed by atoms with Crippen molar-refractivity contribution in [1.29, 1.82) is 5.26 Å². The minimum Gasteiger partial charge on any atom is -0.396 e. The van der Waals surface area contributed by atoms with Crippen LogP contribution in [-0.2, 0) is 5.41 Å². The number of hydrogen-bond donors (Lipinski definition) is 1. The molecule has 0 fully saturated rings. The molecule has 74 valence electrons. The van der Waals surface area contributed by atoms with Gasteiger partial charge in [-0.3, -0.25) is 0 Å². The highest BCUT2D eigenvalue weighted by Crippen LogP contribution is 2.26. The average molecular weight is 189 g/mol. The fourth-order valence-corrected chi connectivity index (χ4v) is 1.41. The first kappa shape index (κ1) is 10.7. The van der Waals surface area contributed by atoms with E-state index in [1.807, 2.05) is 38.1 Å². The highest BCUT2D eigenvalue weighted by Gasteiger charge is 2.25. The Hall–Kier alpha value is -1.33. The van der Waals surface area contributed by atoms with Gasteiger partial charge in [-0.1, -0.05) is 29.8 Å². The predicted octanol–water partition coefficient (Wildman–Crippen LogP) is 2.16. The molecule has 0 saturated carbocycles. The highest BCUT2D eigenvalue weighted by atomic mass is 16.3. The van der Waals surface area contributed by atoms with Crippen LogP contribution in [0.5, 0.6) is 0 Å². The Labute approximate surface area is 84.8 Å². The Morgan fingerprint density at radius 2 is 1.93 bits per heavy atom. The zero-order valence-electron chi connectivity index (χ0n) is 8.62. The molecule has 0 aliphatic rings. The molecule has 0 radical (unpaired) electrons. The van der Waals surface area contributed by atoms with Crippen molar-refractivity contribution < 1.29 is 5.11 Å². The number of aliphatic hydroxyl groups is 1. The Morgan fingerprint density at radius 3 is 2.36 bits per heavy atom. The average Bonchev–Trinajstić information content (AvgIpc) is 2.19. The molecule has 0 heterocycles. The Kier molecular flexibility index (Phi) is 3.27. The summed E-state index contributed by atoms with van der Waals surface area (Å²) in [5.41, 5.74) is 1.58. The van der Waals surface area contributed by atoms with Gasteiger partial charge in [0.05, 0.1) is 11.5 Å². The molecule has 0 bridgehead atoms. The van der Waals surface area contributed by atoms with Gasteiger partial charge in [-0.15, -0.1) is 0 Å². The van der Waals surface area contributed by atoms with E-state index >= 15 is 0 Å². The predicted molar refractivity (Wildman–Crippen MR) is 55.8 cm³/mol. The van der Waals surface area contributed by atoms with Gasteiger partial charge in [0.15, 0.2) is 0 Å². The van der Waals surface area contributed by atoms with E-state index in [1.54, 1.807) is 0 Å². The molecule has 2 nitrogen and oxygen atoms in total. The van der Waals surface area contributed by atoms with Crippen molar-refractivity contribution in [2.45, 2.75) is 25.7 Å². The van der Waals surface area contributed by atoms with Gasteiger partial charge in [-0.2, -0.15) is 5.26 Å². The van der Waals surface area contributed by atoms with Gasteiger partial charge in [0, 0.05) is 6.61 Å². The fourth-order valence-electron chi connectivity index (χ4n) is 1.41. The summed E-state index contributed by atoms with van der Waals surface area (Å²) in [6.45, 7) is 3.91. The monoisotopic (exact) mass is 189 g/mol. The third-order valence-electron chi connectivity index (χ3n) is 2.55. The molecule has 0 saturated heterocycles. The summed E-state index contributed by atoms with van der Waals surface area (Å²) >= 11 is 0. The molecule has 0 spiro atoms. The van der Waals surface area contributed by atoms with Gasteiger partial charge in [-0.05, 0) is 25.8 Å². The van der Waals surface area contributed by atoms with E-state index in [2.05, 4.69) is 6.07 Å². The SMILES string of the molecule is Cc1ccc(C(C)(C#N)CCO)cc1. The Morgan fingerprint density at radius 1 is 1.36 bits per heavy atom. The van der Waals surface area contributed by atoms with Crippen LogP contribution in [0.1, 0.15) is 24.5 Å². The highest BCUT2D eigenvalue weighted by molar-refractivity contribution is 5.33. The van der Waals surface area contributed by atoms with Gasteiger partial charge in [0.2, 0.25) is 0 Å². The maximum Gasteiger partial charge on any atom is 0.0816 e. The van der Waals surface area contributed by atoms with Crippen LogP contribution in [-0.4, -0.2) is 11.7 Å². The third-order valence-corrected chi connectivity index (χ3v) is 2.55. The second kappa shape index (κ2) is 4.26. The summed E-state index contributed by atoms with van der Waals surface area (Å²) in [5, 5.41) is 18.0. The van der Waals surface area contributed by atoms with Gasteiger partial charge < -0.3 is 5.11 Å². The number of hydrogen-bond acceptors (Lipinski definition) is 2. The molecular formula is C12H15NO. The summed E-state index contributed by atoms with van der Waals surface area (Å²) in [5.74, 6) is 0. The van der Waals surface area contributed by atoms with E-state index in [0.29, 0.717) is 6.42 Å². The van der Waals surface area contributed by atoms with Crippen LogP contribution in [0.3, 0.4) is 0 Å². The molecule has 2 heteroatoms. The summed E-state index contributed by atoms with van der Waals surface area (Å²) < 4.78 is 0. The van der Waals surface area contributed by atoms with Crippen LogP contribution < -0.4 is 0 Å². The van der Waals surface area contributed by atoms with E-state index in [0.717, 1.165) is 5.56 Å². The van der Waals surface area contributed by atoms with E-state index in [1.165, 1.54) is 5.56 Å². The van der Waals surface area contributed by atoms with Crippen molar-refractivity contribution in [3.05, 3.63) is 35.4 Å². The molecule has 14 heavy (non-hydrogen) atoms. The second-order valence-electron chi connectivity index (χ2n) is 3.78. The Bertz CT molecular complexity index is 336. The van der Waals surface area contributed by atoms with Gasteiger partial charge in [0.25, 0.3) is 0 Å². The molecule has 1 aromatic carbocycles. The van der Waals surface area contributed by atoms with Crippen LogP contribution in [0.25, 0.3) is 0 Å². The normalized spacial score (nSPS) is 14.4. The molecule has 1 unspecified atom stereocenters. The summed E-state index contributed by atoms with van der Waals surface area (Å²) in [7, 11) is 0. The maximum absolute atomic E-state index is 9.08. The van der Waals surface area contributed by atoms with Crippen molar-refractivity contribution in [2.24, 2.45) is 0 Å². The molecule has 0 aliphatic carbocycles. The lowest BCUT2D eigenvalue weighted by molar-refractivity contribution is 0.264.